The van der Waals surface area contributed by atoms with Gasteiger partial charge in [0.1, 0.15) is 0 Å². The molecule has 0 saturated carbocycles. The highest BCUT2D eigenvalue weighted by molar-refractivity contribution is 6.30. The first-order valence-corrected chi connectivity index (χ1v) is 6.71. The van der Waals surface area contributed by atoms with Crippen molar-refractivity contribution in [2.24, 2.45) is 0 Å². The highest BCUT2D eigenvalue weighted by Crippen LogP contribution is 2.14. The number of nitrogens with one attached hydrogen (secondary N) is 1. The smallest absolute Gasteiger partial charge is 0.274 e. The van der Waals surface area contributed by atoms with Gasteiger partial charge in [-0.25, -0.2) is 4.68 Å². The average Bonchev–Trinajstić information content (AvgIpc) is 2.93. The topological polar surface area (TPSA) is 50.2 Å². The maximum absolute atomic E-state index is 12.2. The van der Waals surface area contributed by atoms with Crippen LogP contribution >= 0.6 is 11.6 Å². The van der Waals surface area contributed by atoms with E-state index in [2.05, 4.69) is 10.4 Å². The van der Waals surface area contributed by atoms with Crippen molar-refractivity contribution in [2.75, 3.05) is 27.2 Å². The van der Waals surface area contributed by atoms with Crippen molar-refractivity contribution < 1.29 is 4.79 Å². The van der Waals surface area contributed by atoms with Gasteiger partial charge in [0.2, 0.25) is 0 Å². The fourth-order valence-electron chi connectivity index (χ4n) is 1.78. The largest absolute Gasteiger partial charge is 0.339 e. The first-order valence-electron chi connectivity index (χ1n) is 6.33. The monoisotopic (exact) mass is 292 g/mol. The molecule has 0 fully saturated rings. The molecule has 1 amide bonds. The standard InChI is InChI=1S/C14H17ClN4O/c1-16-7-9-18(2)14(20)13-6-8-19(17-13)12-5-3-4-11(15)10-12/h3-6,8,10,16H,7,9H2,1-2H3. The lowest BCUT2D eigenvalue weighted by Gasteiger charge is -2.15. The Labute approximate surface area is 123 Å². The zero-order valence-corrected chi connectivity index (χ0v) is 12.3. The predicted octanol–water partition coefficient (Wildman–Crippen LogP) is 1.82. The molecule has 5 nitrogen and oxygen atoms in total. The van der Waals surface area contributed by atoms with E-state index in [0.29, 0.717) is 17.3 Å². The summed E-state index contributed by atoms with van der Waals surface area (Å²) in [5.41, 5.74) is 1.25. The summed E-state index contributed by atoms with van der Waals surface area (Å²) in [6.07, 6.45) is 1.75. The molecule has 1 aromatic carbocycles. The van der Waals surface area contributed by atoms with Crippen LogP contribution in [0.2, 0.25) is 5.02 Å². The van der Waals surface area contributed by atoms with Gasteiger partial charge in [-0.05, 0) is 31.3 Å². The van der Waals surface area contributed by atoms with E-state index in [1.54, 1.807) is 41.0 Å². The van der Waals surface area contributed by atoms with Gasteiger partial charge in [0.25, 0.3) is 5.91 Å². The number of carbonyl (C=O) groups is 1. The first kappa shape index (κ1) is 14.6. The quantitative estimate of drug-likeness (QED) is 0.914. The molecule has 2 aromatic rings. The lowest BCUT2D eigenvalue weighted by Crippen LogP contribution is -2.33. The summed E-state index contributed by atoms with van der Waals surface area (Å²) in [6, 6.07) is 9.04. The Morgan fingerprint density at radius 2 is 2.25 bits per heavy atom. The summed E-state index contributed by atoms with van der Waals surface area (Å²) >= 11 is 5.95. The van der Waals surface area contributed by atoms with Crippen LogP contribution in [0.25, 0.3) is 5.69 Å². The molecule has 0 unspecified atom stereocenters. The maximum Gasteiger partial charge on any atom is 0.274 e. The zero-order chi connectivity index (χ0) is 14.5. The molecule has 106 valence electrons. The van der Waals surface area contributed by atoms with E-state index < -0.39 is 0 Å². The van der Waals surface area contributed by atoms with Crippen LogP contribution in [0.3, 0.4) is 0 Å². The number of hydrogen-bond acceptors (Lipinski definition) is 3. The molecule has 1 heterocycles. The summed E-state index contributed by atoms with van der Waals surface area (Å²) in [5.74, 6) is -0.0963. The van der Waals surface area contributed by atoms with E-state index in [1.807, 2.05) is 19.2 Å². The second-order valence-corrected chi connectivity index (χ2v) is 4.89. The van der Waals surface area contributed by atoms with E-state index in [9.17, 15) is 4.79 Å². The van der Waals surface area contributed by atoms with Crippen molar-refractivity contribution in [1.29, 1.82) is 0 Å². The Morgan fingerprint density at radius 1 is 1.45 bits per heavy atom. The normalized spacial score (nSPS) is 10.6. The number of halogens is 1. The fourth-order valence-corrected chi connectivity index (χ4v) is 1.96. The molecule has 0 radical (unpaired) electrons. The van der Waals surface area contributed by atoms with Gasteiger partial charge in [-0.1, -0.05) is 17.7 Å². The van der Waals surface area contributed by atoms with Crippen molar-refractivity contribution in [1.82, 2.24) is 20.0 Å². The van der Waals surface area contributed by atoms with E-state index in [1.165, 1.54) is 0 Å². The number of likely N-dealkylation sites (N-methyl/N-ethyl adjacent to an activating group) is 2. The highest BCUT2D eigenvalue weighted by atomic mass is 35.5. The number of nitrogens with zero attached hydrogens (tertiary/aromatic N) is 3. The number of rotatable bonds is 5. The summed E-state index contributed by atoms with van der Waals surface area (Å²) in [4.78, 5) is 13.8. The lowest BCUT2D eigenvalue weighted by molar-refractivity contribution is 0.0790. The van der Waals surface area contributed by atoms with Crippen LogP contribution in [0.1, 0.15) is 10.5 Å². The van der Waals surface area contributed by atoms with Gasteiger partial charge in [0, 0.05) is 31.4 Å². The van der Waals surface area contributed by atoms with Gasteiger partial charge in [-0.2, -0.15) is 5.10 Å². The molecule has 0 atom stereocenters. The third-order valence-electron chi connectivity index (χ3n) is 2.92. The summed E-state index contributed by atoms with van der Waals surface area (Å²) in [5, 5.41) is 7.94. The third kappa shape index (κ3) is 3.37. The molecule has 20 heavy (non-hydrogen) atoms. The average molecular weight is 293 g/mol. The maximum atomic E-state index is 12.2. The number of carbonyl (C=O) groups excluding carboxylic acids is 1. The lowest BCUT2D eigenvalue weighted by atomic mass is 10.3. The number of amides is 1. The van der Waals surface area contributed by atoms with Crippen molar-refractivity contribution >= 4 is 17.5 Å². The number of hydrogen-bond donors (Lipinski definition) is 1. The Kier molecular flexibility index (Phi) is 4.76. The minimum absolute atomic E-state index is 0.0963. The Morgan fingerprint density at radius 3 is 2.95 bits per heavy atom. The van der Waals surface area contributed by atoms with Crippen LogP contribution in [-0.2, 0) is 0 Å². The van der Waals surface area contributed by atoms with Gasteiger partial charge in [-0.15, -0.1) is 0 Å². The van der Waals surface area contributed by atoms with Gasteiger partial charge in [-0.3, -0.25) is 4.79 Å². The van der Waals surface area contributed by atoms with Gasteiger partial charge in [0.05, 0.1) is 5.69 Å². The van der Waals surface area contributed by atoms with Crippen molar-refractivity contribution in [2.45, 2.75) is 0 Å². The second-order valence-electron chi connectivity index (χ2n) is 4.46. The molecule has 0 spiro atoms. The second kappa shape index (κ2) is 6.54. The first-order chi connectivity index (χ1) is 9.61. The molecule has 0 bridgehead atoms. The Hall–Kier alpha value is -1.85. The fraction of sp³-hybridized carbons (Fsp3) is 0.286. The van der Waals surface area contributed by atoms with Gasteiger partial charge >= 0.3 is 0 Å². The molecule has 1 N–H and O–H groups in total. The molecule has 0 saturated heterocycles. The van der Waals surface area contributed by atoms with Crippen LogP contribution < -0.4 is 5.32 Å². The van der Waals surface area contributed by atoms with E-state index >= 15 is 0 Å². The minimum atomic E-state index is -0.0963. The molecule has 0 aliphatic rings. The summed E-state index contributed by atoms with van der Waals surface area (Å²) < 4.78 is 1.64. The highest BCUT2D eigenvalue weighted by Gasteiger charge is 2.14. The molecular formula is C14H17ClN4O. The number of benzene rings is 1. The van der Waals surface area contributed by atoms with E-state index in [4.69, 9.17) is 11.6 Å². The molecule has 0 aliphatic heterocycles. The van der Waals surface area contributed by atoms with E-state index in [0.717, 1.165) is 12.2 Å². The summed E-state index contributed by atoms with van der Waals surface area (Å²) in [6.45, 7) is 1.39. The van der Waals surface area contributed by atoms with Gasteiger partial charge < -0.3 is 10.2 Å². The van der Waals surface area contributed by atoms with Crippen molar-refractivity contribution in [3.63, 3.8) is 0 Å². The Balaban J connectivity index is 2.14. The Bertz CT molecular complexity index is 596. The van der Waals surface area contributed by atoms with Crippen LogP contribution in [0, 0.1) is 0 Å². The zero-order valence-electron chi connectivity index (χ0n) is 11.5. The van der Waals surface area contributed by atoms with Crippen molar-refractivity contribution in [3.05, 3.63) is 47.2 Å². The van der Waals surface area contributed by atoms with Crippen LogP contribution in [0.15, 0.2) is 36.5 Å². The predicted molar refractivity (Wildman–Crippen MR) is 79.5 cm³/mol. The summed E-state index contributed by atoms with van der Waals surface area (Å²) in [7, 11) is 3.62. The minimum Gasteiger partial charge on any atom is -0.339 e. The van der Waals surface area contributed by atoms with Crippen LogP contribution in [0.5, 0.6) is 0 Å². The van der Waals surface area contributed by atoms with Crippen LogP contribution in [0.4, 0.5) is 0 Å². The third-order valence-corrected chi connectivity index (χ3v) is 3.16. The SMILES string of the molecule is CNCCN(C)C(=O)c1ccn(-c2cccc(Cl)c2)n1. The van der Waals surface area contributed by atoms with Crippen molar-refractivity contribution in [3.8, 4) is 5.69 Å². The molecule has 0 aliphatic carbocycles. The number of aromatic nitrogens is 2. The molecule has 2 rings (SSSR count). The molecule has 6 heteroatoms. The van der Waals surface area contributed by atoms with E-state index in [-0.39, 0.29) is 5.91 Å². The van der Waals surface area contributed by atoms with Gasteiger partial charge in [0.15, 0.2) is 5.69 Å². The van der Waals surface area contributed by atoms with Crippen LogP contribution in [-0.4, -0.2) is 47.8 Å². The molecular weight excluding hydrogens is 276 g/mol. The molecule has 1 aromatic heterocycles.